The molecule has 1 aliphatic rings. The fourth-order valence-electron chi connectivity index (χ4n) is 2.25. The number of allylic oxidation sites excluding steroid dienone is 7. The van der Waals surface area contributed by atoms with E-state index in [0.29, 0.717) is 24.6 Å². The van der Waals surface area contributed by atoms with Gasteiger partial charge in [0.1, 0.15) is 11.5 Å². The van der Waals surface area contributed by atoms with Crippen molar-refractivity contribution in [2.45, 2.75) is 33.7 Å². The molecule has 0 saturated carbocycles. The average Bonchev–Trinajstić information content (AvgIpc) is 2.95. The fraction of sp³-hybridized carbons (Fsp3) is 0.389. The van der Waals surface area contributed by atoms with Crippen molar-refractivity contribution in [1.29, 1.82) is 0 Å². The maximum Gasteiger partial charge on any atom is 0.217 e. The summed E-state index contributed by atoms with van der Waals surface area (Å²) in [6.07, 6.45) is 8.96. The van der Waals surface area contributed by atoms with Crippen molar-refractivity contribution in [3.05, 3.63) is 53.2 Å². The molecule has 0 fully saturated rings. The molecule has 7 heteroatoms. The first-order valence-corrected chi connectivity index (χ1v) is 8.17. The van der Waals surface area contributed by atoms with Gasteiger partial charge in [0.2, 0.25) is 5.91 Å². The standard InChI is InChI=1S/C18H23FN4O2/c1-4-25-8-7-13(2)15-5-6-18(10-16(19)9-15)23-12-17(21-22-23)11-20-14(3)24/h5-7,10,12H,4,8-9,11H2,1-3H3,(H,20,24)/b13-7+. The molecular weight excluding hydrogens is 323 g/mol. The van der Waals surface area contributed by atoms with Crippen LogP contribution in [0.1, 0.15) is 32.9 Å². The van der Waals surface area contributed by atoms with Gasteiger partial charge in [0.25, 0.3) is 0 Å². The normalized spacial score (nSPS) is 15.2. The molecule has 6 nitrogen and oxygen atoms in total. The van der Waals surface area contributed by atoms with E-state index in [9.17, 15) is 9.18 Å². The van der Waals surface area contributed by atoms with Gasteiger partial charge in [0, 0.05) is 20.0 Å². The van der Waals surface area contributed by atoms with Crippen LogP contribution in [0, 0.1) is 0 Å². The molecule has 0 unspecified atom stereocenters. The zero-order valence-electron chi connectivity index (χ0n) is 14.8. The van der Waals surface area contributed by atoms with Gasteiger partial charge >= 0.3 is 0 Å². The van der Waals surface area contributed by atoms with Crippen molar-refractivity contribution in [3.8, 4) is 0 Å². The molecule has 0 radical (unpaired) electrons. The van der Waals surface area contributed by atoms with Crippen LogP contribution < -0.4 is 5.32 Å². The number of carbonyl (C=O) groups excluding carboxylic acids is 1. The SMILES string of the molecule is CCOC/C=C(\C)C1=CC=C(n2cc(CNC(C)=O)nn2)C=C(F)C1. The number of hydrogen-bond donors (Lipinski definition) is 1. The first-order chi connectivity index (χ1) is 12.0. The number of rotatable bonds is 7. The van der Waals surface area contributed by atoms with Gasteiger partial charge in [0.05, 0.1) is 25.0 Å². The number of nitrogens with zero attached hydrogens (tertiary/aromatic N) is 3. The second-order valence-corrected chi connectivity index (χ2v) is 5.66. The summed E-state index contributed by atoms with van der Waals surface area (Å²) in [5, 5.41) is 10.6. The maximum absolute atomic E-state index is 14.2. The number of hydrogen-bond acceptors (Lipinski definition) is 4. The molecular formula is C18H23FN4O2. The zero-order valence-corrected chi connectivity index (χ0v) is 14.8. The summed E-state index contributed by atoms with van der Waals surface area (Å²) in [5.41, 5.74) is 3.05. The van der Waals surface area contributed by atoms with Crippen molar-refractivity contribution < 1.29 is 13.9 Å². The number of aromatic nitrogens is 3. The van der Waals surface area contributed by atoms with E-state index >= 15 is 0 Å². The summed E-state index contributed by atoms with van der Waals surface area (Å²) in [4.78, 5) is 10.9. The minimum Gasteiger partial charge on any atom is -0.378 e. The summed E-state index contributed by atoms with van der Waals surface area (Å²) >= 11 is 0. The average molecular weight is 346 g/mol. The first-order valence-electron chi connectivity index (χ1n) is 8.17. The van der Waals surface area contributed by atoms with Gasteiger partial charge in [-0.05, 0) is 37.1 Å². The molecule has 0 atom stereocenters. The van der Waals surface area contributed by atoms with Gasteiger partial charge in [-0.3, -0.25) is 4.79 Å². The lowest BCUT2D eigenvalue weighted by Crippen LogP contribution is -2.19. The van der Waals surface area contributed by atoms with Crippen LogP contribution >= 0.6 is 0 Å². The first kappa shape index (κ1) is 18.8. The van der Waals surface area contributed by atoms with Crippen molar-refractivity contribution in [1.82, 2.24) is 20.3 Å². The lowest BCUT2D eigenvalue weighted by molar-refractivity contribution is -0.119. The molecule has 0 aromatic carbocycles. The lowest BCUT2D eigenvalue weighted by atomic mass is 10.0. The van der Waals surface area contributed by atoms with Crippen LogP contribution in [0.25, 0.3) is 5.70 Å². The van der Waals surface area contributed by atoms with Gasteiger partial charge in [-0.25, -0.2) is 9.07 Å². The molecule has 1 heterocycles. The molecule has 1 amide bonds. The smallest absolute Gasteiger partial charge is 0.217 e. The molecule has 2 rings (SSSR count). The quantitative estimate of drug-likeness (QED) is 0.771. The van der Waals surface area contributed by atoms with Crippen molar-refractivity contribution in [3.63, 3.8) is 0 Å². The third-order valence-corrected chi connectivity index (χ3v) is 3.66. The van der Waals surface area contributed by atoms with Crippen LogP contribution in [0.4, 0.5) is 4.39 Å². The van der Waals surface area contributed by atoms with E-state index in [0.717, 1.165) is 11.1 Å². The Hall–Kier alpha value is -2.54. The number of halogens is 1. The Kier molecular flexibility index (Phi) is 6.82. The van der Waals surface area contributed by atoms with Crippen LogP contribution in [0.3, 0.4) is 0 Å². The summed E-state index contributed by atoms with van der Waals surface area (Å²) in [7, 11) is 0. The third-order valence-electron chi connectivity index (χ3n) is 3.66. The minimum atomic E-state index is -0.252. The predicted molar refractivity (Wildman–Crippen MR) is 94.0 cm³/mol. The molecule has 0 bridgehead atoms. The minimum absolute atomic E-state index is 0.143. The zero-order chi connectivity index (χ0) is 18.2. The molecule has 1 aromatic rings. The van der Waals surface area contributed by atoms with E-state index < -0.39 is 0 Å². The van der Waals surface area contributed by atoms with Crippen LogP contribution in [0.2, 0.25) is 0 Å². The number of carbonyl (C=O) groups is 1. The highest BCUT2D eigenvalue weighted by Crippen LogP contribution is 2.25. The van der Waals surface area contributed by atoms with Crippen LogP contribution in [-0.4, -0.2) is 34.1 Å². The monoisotopic (exact) mass is 346 g/mol. The van der Waals surface area contributed by atoms with Crippen molar-refractivity contribution in [2.75, 3.05) is 13.2 Å². The number of nitrogens with one attached hydrogen (secondary N) is 1. The summed E-state index contributed by atoms with van der Waals surface area (Å²) in [6, 6.07) is 0. The molecule has 1 aliphatic carbocycles. The predicted octanol–water partition coefficient (Wildman–Crippen LogP) is 2.92. The molecule has 0 spiro atoms. The largest absolute Gasteiger partial charge is 0.378 e. The summed E-state index contributed by atoms with van der Waals surface area (Å²) < 4.78 is 21.0. The number of amides is 1. The Morgan fingerprint density at radius 3 is 2.96 bits per heavy atom. The molecule has 0 aliphatic heterocycles. The third kappa shape index (κ3) is 5.79. The van der Waals surface area contributed by atoms with Gasteiger partial charge in [0.15, 0.2) is 0 Å². The lowest BCUT2D eigenvalue weighted by Gasteiger charge is -2.05. The second kappa shape index (κ2) is 9.08. The van der Waals surface area contributed by atoms with Crippen molar-refractivity contribution >= 4 is 11.6 Å². The Balaban J connectivity index is 2.17. The molecule has 25 heavy (non-hydrogen) atoms. The van der Waals surface area contributed by atoms with E-state index in [-0.39, 0.29) is 24.7 Å². The molecule has 1 aromatic heterocycles. The van der Waals surface area contributed by atoms with Gasteiger partial charge in [-0.1, -0.05) is 17.4 Å². The summed E-state index contributed by atoms with van der Waals surface area (Å²) in [6.45, 7) is 6.76. The van der Waals surface area contributed by atoms with Crippen LogP contribution in [0.5, 0.6) is 0 Å². The Labute approximate surface area is 146 Å². The van der Waals surface area contributed by atoms with E-state index in [4.69, 9.17) is 4.74 Å². The van der Waals surface area contributed by atoms with Gasteiger partial charge in [-0.2, -0.15) is 0 Å². The molecule has 0 saturated heterocycles. The van der Waals surface area contributed by atoms with E-state index in [2.05, 4.69) is 15.6 Å². The Morgan fingerprint density at radius 2 is 2.24 bits per heavy atom. The molecule has 1 N–H and O–H groups in total. The summed E-state index contributed by atoms with van der Waals surface area (Å²) in [5.74, 6) is -0.394. The number of ether oxygens (including phenoxy) is 1. The molecule has 134 valence electrons. The van der Waals surface area contributed by atoms with Crippen molar-refractivity contribution in [2.24, 2.45) is 0 Å². The van der Waals surface area contributed by atoms with E-state index in [1.165, 1.54) is 17.7 Å². The van der Waals surface area contributed by atoms with E-state index in [1.807, 2.05) is 26.0 Å². The topological polar surface area (TPSA) is 69.0 Å². The van der Waals surface area contributed by atoms with Crippen LogP contribution in [-0.2, 0) is 16.1 Å². The fourth-order valence-corrected chi connectivity index (χ4v) is 2.25. The van der Waals surface area contributed by atoms with Crippen LogP contribution in [0.15, 0.2) is 47.5 Å². The Bertz CT molecular complexity index is 744. The second-order valence-electron chi connectivity index (χ2n) is 5.66. The highest BCUT2D eigenvalue weighted by Gasteiger charge is 2.11. The maximum atomic E-state index is 14.2. The Morgan fingerprint density at radius 1 is 1.44 bits per heavy atom. The van der Waals surface area contributed by atoms with Gasteiger partial charge in [-0.15, -0.1) is 5.10 Å². The highest BCUT2D eigenvalue weighted by atomic mass is 19.1. The van der Waals surface area contributed by atoms with E-state index in [1.54, 1.807) is 12.3 Å². The highest BCUT2D eigenvalue weighted by molar-refractivity contribution is 5.72. The van der Waals surface area contributed by atoms with Gasteiger partial charge < -0.3 is 10.1 Å².